The second kappa shape index (κ2) is 7.08. The number of nitrogens with zero attached hydrogens (tertiary/aromatic N) is 2. The number of hydrogen-bond acceptors (Lipinski definition) is 7. The maximum Gasteiger partial charge on any atom is 0.349 e. The highest BCUT2D eigenvalue weighted by atomic mass is 32.2. The largest absolute Gasteiger partial charge is 0.422 e. The van der Waals surface area contributed by atoms with Crippen molar-refractivity contribution in [1.29, 1.82) is 0 Å². The number of thioether (sulfide) groups is 1. The highest BCUT2D eigenvalue weighted by Gasteiger charge is 2.18. The highest BCUT2D eigenvalue weighted by Crippen LogP contribution is 2.29. The van der Waals surface area contributed by atoms with Gasteiger partial charge in [0.05, 0.1) is 5.56 Å². The van der Waals surface area contributed by atoms with E-state index in [9.17, 15) is 9.59 Å². The van der Waals surface area contributed by atoms with Gasteiger partial charge in [-0.15, -0.1) is 16.9 Å². The first-order valence-electron chi connectivity index (χ1n) is 7.97. The number of anilines is 1. The average Bonchev–Trinajstić information content (AvgIpc) is 3.15. The Morgan fingerprint density at radius 1 is 1.04 bits per heavy atom. The molecular formula is C19H13N3O4S. The van der Waals surface area contributed by atoms with Crippen LogP contribution >= 0.6 is 11.8 Å². The Hall–Kier alpha value is -3.39. The Morgan fingerprint density at radius 3 is 2.67 bits per heavy atom. The molecule has 0 bridgehead atoms. The Kier molecular flexibility index (Phi) is 4.47. The maximum absolute atomic E-state index is 12.4. The number of hydrogen-bond donors (Lipinski definition) is 1. The molecule has 8 heteroatoms. The Morgan fingerprint density at radius 2 is 1.81 bits per heavy atom. The van der Waals surface area contributed by atoms with E-state index in [-0.39, 0.29) is 17.5 Å². The van der Waals surface area contributed by atoms with E-state index in [2.05, 4.69) is 15.5 Å². The second-order valence-corrected chi connectivity index (χ2v) is 6.40. The number of carbonyl (C=O) groups is 1. The lowest BCUT2D eigenvalue weighted by atomic mass is 10.2. The monoisotopic (exact) mass is 379 g/mol. The van der Waals surface area contributed by atoms with Gasteiger partial charge in [-0.05, 0) is 30.5 Å². The van der Waals surface area contributed by atoms with Gasteiger partial charge in [0.25, 0.3) is 11.8 Å². The van der Waals surface area contributed by atoms with Crippen molar-refractivity contribution in [1.82, 2.24) is 10.2 Å². The van der Waals surface area contributed by atoms with Crippen LogP contribution in [0, 0.1) is 0 Å². The Labute approximate surface area is 157 Å². The molecule has 0 fully saturated rings. The van der Waals surface area contributed by atoms with Crippen molar-refractivity contribution in [3.8, 4) is 11.5 Å². The van der Waals surface area contributed by atoms with E-state index in [1.165, 1.54) is 6.07 Å². The van der Waals surface area contributed by atoms with Crippen molar-refractivity contribution in [2.24, 2.45) is 0 Å². The molecule has 4 aromatic rings. The molecule has 0 saturated carbocycles. The summed E-state index contributed by atoms with van der Waals surface area (Å²) in [7, 11) is 0. The quantitative estimate of drug-likeness (QED) is 0.425. The van der Waals surface area contributed by atoms with Crippen LogP contribution in [-0.2, 0) is 0 Å². The van der Waals surface area contributed by atoms with Gasteiger partial charge in [-0.1, -0.05) is 35.4 Å². The molecule has 4 rings (SSSR count). The molecule has 2 heterocycles. The third kappa shape index (κ3) is 3.34. The normalized spacial score (nSPS) is 10.9. The summed E-state index contributed by atoms with van der Waals surface area (Å²) in [6.45, 7) is 0. The minimum atomic E-state index is -0.737. The lowest BCUT2D eigenvalue weighted by Crippen LogP contribution is -2.20. The van der Waals surface area contributed by atoms with Crippen molar-refractivity contribution >= 4 is 34.7 Å². The van der Waals surface area contributed by atoms with Crippen molar-refractivity contribution in [3.63, 3.8) is 0 Å². The van der Waals surface area contributed by atoms with Crippen LogP contribution in [0.5, 0.6) is 0 Å². The van der Waals surface area contributed by atoms with E-state index in [1.54, 1.807) is 36.0 Å². The summed E-state index contributed by atoms with van der Waals surface area (Å²) in [5.74, 6) is -0.399. The van der Waals surface area contributed by atoms with Gasteiger partial charge in [0, 0.05) is 10.3 Å². The zero-order chi connectivity index (χ0) is 18.8. The van der Waals surface area contributed by atoms with Gasteiger partial charge in [-0.25, -0.2) is 4.79 Å². The van der Waals surface area contributed by atoms with Gasteiger partial charge >= 0.3 is 11.6 Å². The fraction of sp³-hybridized carbons (Fsp3) is 0.0526. The van der Waals surface area contributed by atoms with Crippen molar-refractivity contribution in [3.05, 3.63) is 70.6 Å². The van der Waals surface area contributed by atoms with Gasteiger partial charge in [0.1, 0.15) is 11.1 Å². The van der Waals surface area contributed by atoms with Crippen LogP contribution in [0.4, 0.5) is 6.01 Å². The first-order valence-corrected chi connectivity index (χ1v) is 9.19. The topological polar surface area (TPSA) is 98.2 Å². The summed E-state index contributed by atoms with van der Waals surface area (Å²) in [6, 6.07) is 15.9. The zero-order valence-corrected chi connectivity index (χ0v) is 14.9. The first-order chi connectivity index (χ1) is 13.2. The molecule has 134 valence electrons. The fourth-order valence-corrected chi connectivity index (χ4v) is 3.18. The maximum atomic E-state index is 12.4. The molecule has 1 amide bonds. The van der Waals surface area contributed by atoms with Gasteiger partial charge in [-0.2, -0.15) is 0 Å². The molecule has 27 heavy (non-hydrogen) atoms. The number of benzene rings is 2. The third-order valence-corrected chi connectivity index (χ3v) is 4.66. The van der Waals surface area contributed by atoms with Crippen LogP contribution in [0.25, 0.3) is 22.4 Å². The molecule has 0 radical (unpaired) electrons. The number of aromatic nitrogens is 2. The SMILES string of the molecule is CSc1ccccc1-c1nnc(NC(=O)c2cc3ccccc3oc2=O)o1. The second-order valence-electron chi connectivity index (χ2n) is 5.55. The summed E-state index contributed by atoms with van der Waals surface area (Å²) in [5, 5.41) is 10.9. The molecule has 0 spiro atoms. The van der Waals surface area contributed by atoms with E-state index >= 15 is 0 Å². The molecule has 0 atom stereocenters. The minimum absolute atomic E-state index is 0.0986. The number of carbonyl (C=O) groups excluding carboxylic acids is 1. The van der Waals surface area contributed by atoms with Crippen LogP contribution in [0.15, 0.2) is 73.1 Å². The van der Waals surface area contributed by atoms with Crippen LogP contribution in [0.3, 0.4) is 0 Å². The fourth-order valence-electron chi connectivity index (χ4n) is 2.59. The smallest absolute Gasteiger partial charge is 0.349 e. The number of fused-ring (bicyclic) bond motifs is 1. The lowest BCUT2D eigenvalue weighted by Gasteiger charge is -2.02. The Balaban J connectivity index is 1.62. The predicted molar refractivity (Wildman–Crippen MR) is 102 cm³/mol. The molecule has 0 saturated heterocycles. The van der Waals surface area contributed by atoms with E-state index in [0.717, 1.165) is 10.5 Å². The summed E-state index contributed by atoms with van der Waals surface area (Å²) in [4.78, 5) is 25.5. The Bertz CT molecular complexity index is 1200. The summed E-state index contributed by atoms with van der Waals surface area (Å²) in [6.07, 6.45) is 1.94. The van der Waals surface area contributed by atoms with E-state index < -0.39 is 11.5 Å². The van der Waals surface area contributed by atoms with Crippen molar-refractivity contribution in [2.75, 3.05) is 11.6 Å². The van der Waals surface area contributed by atoms with Gasteiger partial charge < -0.3 is 8.83 Å². The average molecular weight is 379 g/mol. The zero-order valence-electron chi connectivity index (χ0n) is 14.1. The van der Waals surface area contributed by atoms with Gasteiger partial charge in [0.2, 0.25) is 0 Å². The van der Waals surface area contributed by atoms with Crippen LogP contribution in [0.1, 0.15) is 10.4 Å². The standard InChI is InChI=1S/C19H13N3O4S/c1-27-15-9-5-3-7-12(15)17-21-22-19(26-17)20-16(23)13-10-11-6-2-4-8-14(11)25-18(13)24/h2-10H,1H3,(H,20,22,23). The minimum Gasteiger partial charge on any atom is -0.422 e. The third-order valence-electron chi connectivity index (χ3n) is 3.87. The van der Waals surface area contributed by atoms with Crippen molar-refractivity contribution < 1.29 is 13.6 Å². The molecule has 0 aliphatic heterocycles. The number of para-hydroxylation sites is 1. The molecule has 7 nitrogen and oxygen atoms in total. The van der Waals surface area contributed by atoms with Gasteiger partial charge in [0.15, 0.2) is 0 Å². The molecule has 2 aromatic carbocycles. The number of amides is 1. The molecule has 0 unspecified atom stereocenters. The van der Waals surface area contributed by atoms with Crippen LogP contribution in [0.2, 0.25) is 0 Å². The number of rotatable bonds is 4. The molecular weight excluding hydrogens is 366 g/mol. The number of nitrogens with one attached hydrogen (secondary N) is 1. The molecule has 0 aliphatic carbocycles. The summed E-state index contributed by atoms with van der Waals surface area (Å²) >= 11 is 1.54. The van der Waals surface area contributed by atoms with E-state index in [4.69, 9.17) is 8.83 Å². The van der Waals surface area contributed by atoms with Crippen molar-refractivity contribution in [2.45, 2.75) is 4.90 Å². The molecule has 1 N–H and O–H groups in total. The van der Waals surface area contributed by atoms with E-state index in [1.807, 2.05) is 30.5 Å². The molecule has 2 aromatic heterocycles. The lowest BCUT2D eigenvalue weighted by molar-refractivity contribution is 0.102. The summed E-state index contributed by atoms with van der Waals surface area (Å²) < 4.78 is 10.7. The molecule has 0 aliphatic rings. The highest BCUT2D eigenvalue weighted by molar-refractivity contribution is 7.98. The van der Waals surface area contributed by atoms with Crippen LogP contribution in [-0.4, -0.2) is 22.4 Å². The predicted octanol–water partition coefficient (Wildman–Crippen LogP) is 3.82. The van der Waals surface area contributed by atoms with Crippen LogP contribution < -0.4 is 10.9 Å². The van der Waals surface area contributed by atoms with Gasteiger partial charge in [-0.3, -0.25) is 10.1 Å². The summed E-state index contributed by atoms with van der Waals surface area (Å²) in [5.41, 5.74) is 0.299. The van der Waals surface area contributed by atoms with E-state index in [0.29, 0.717) is 11.0 Å². The first kappa shape index (κ1) is 17.0.